The van der Waals surface area contributed by atoms with Crippen LogP contribution < -0.4 is 4.90 Å². The van der Waals surface area contributed by atoms with E-state index in [9.17, 15) is 0 Å². The van der Waals surface area contributed by atoms with E-state index in [0.717, 1.165) is 29.4 Å². The van der Waals surface area contributed by atoms with Crippen LogP contribution in [-0.2, 0) is 0 Å². The molecule has 0 fully saturated rings. The third kappa shape index (κ3) is 2.39. The first-order valence-electron chi connectivity index (χ1n) is 4.98. The van der Waals surface area contributed by atoms with Crippen molar-refractivity contribution in [3.8, 4) is 0 Å². The Morgan fingerprint density at radius 1 is 1.27 bits per heavy atom. The van der Waals surface area contributed by atoms with E-state index in [4.69, 9.17) is 11.6 Å². The van der Waals surface area contributed by atoms with Gasteiger partial charge >= 0.3 is 0 Å². The summed E-state index contributed by atoms with van der Waals surface area (Å²) in [6.45, 7) is 0. The predicted octanol–water partition coefficient (Wildman–Crippen LogP) is 3.48. The summed E-state index contributed by atoms with van der Waals surface area (Å²) in [5.74, 6) is 1.10. The number of hydrogen-bond acceptors (Lipinski definition) is 2. The van der Waals surface area contributed by atoms with Crippen molar-refractivity contribution in [2.24, 2.45) is 4.99 Å². The number of halogens is 1. The van der Waals surface area contributed by atoms with E-state index in [1.54, 1.807) is 0 Å². The average molecular weight is 221 g/mol. The van der Waals surface area contributed by atoms with Crippen LogP contribution in [0.2, 0.25) is 5.02 Å². The molecule has 78 valence electrons. The Bertz CT molecular complexity index is 393. The average Bonchev–Trinajstić information content (AvgIpc) is 2.30. The molecule has 0 aromatic heterocycles. The second kappa shape index (κ2) is 4.49. The lowest BCUT2D eigenvalue weighted by Gasteiger charge is -2.22. The summed E-state index contributed by atoms with van der Waals surface area (Å²) >= 11 is 5.84. The molecular weight excluding hydrogens is 208 g/mol. The summed E-state index contributed by atoms with van der Waals surface area (Å²) in [7, 11) is 2.03. The second-order valence-corrected chi connectivity index (χ2v) is 3.94. The minimum Gasteiger partial charge on any atom is -0.333 e. The lowest BCUT2D eigenvalue weighted by atomic mass is 10.2. The van der Waals surface area contributed by atoms with Crippen molar-refractivity contribution >= 4 is 23.1 Å². The Labute approximate surface area is 94.9 Å². The van der Waals surface area contributed by atoms with E-state index in [2.05, 4.69) is 16.0 Å². The van der Waals surface area contributed by atoms with Crippen molar-refractivity contribution in [1.82, 2.24) is 0 Å². The zero-order valence-corrected chi connectivity index (χ0v) is 9.41. The van der Waals surface area contributed by atoms with E-state index in [0.29, 0.717) is 0 Å². The zero-order valence-electron chi connectivity index (χ0n) is 8.65. The van der Waals surface area contributed by atoms with E-state index >= 15 is 0 Å². The number of hydrogen-bond donors (Lipinski definition) is 0. The number of benzene rings is 1. The van der Waals surface area contributed by atoms with Gasteiger partial charge in [-0.1, -0.05) is 17.7 Å². The molecule has 1 aliphatic heterocycles. The van der Waals surface area contributed by atoms with Gasteiger partial charge in [0.25, 0.3) is 0 Å². The lowest BCUT2D eigenvalue weighted by Crippen LogP contribution is -2.26. The Morgan fingerprint density at radius 3 is 2.60 bits per heavy atom. The SMILES string of the molecule is CN(C1=NC=CCC1)c1ccc(Cl)cc1. The molecule has 0 radical (unpaired) electrons. The molecule has 1 aromatic rings. The molecule has 0 saturated heterocycles. The predicted molar refractivity (Wildman–Crippen MR) is 65.7 cm³/mol. The molecule has 1 aromatic carbocycles. The third-order valence-corrected chi connectivity index (χ3v) is 2.72. The molecule has 2 nitrogen and oxygen atoms in total. The topological polar surface area (TPSA) is 15.6 Å². The van der Waals surface area contributed by atoms with Gasteiger partial charge in [0.05, 0.1) is 0 Å². The standard InChI is InChI=1S/C12H13ClN2/c1-15(12-4-2-3-9-14-12)11-7-5-10(13)6-8-11/h3,5-9H,2,4H2,1H3. The highest BCUT2D eigenvalue weighted by Crippen LogP contribution is 2.19. The smallest absolute Gasteiger partial charge is 0.109 e. The Balaban J connectivity index is 2.20. The molecule has 0 spiro atoms. The maximum absolute atomic E-state index is 5.84. The molecule has 0 unspecified atom stereocenters. The fourth-order valence-corrected chi connectivity index (χ4v) is 1.68. The first-order valence-corrected chi connectivity index (χ1v) is 5.36. The van der Waals surface area contributed by atoms with Gasteiger partial charge in [-0.15, -0.1) is 0 Å². The van der Waals surface area contributed by atoms with E-state index in [1.165, 1.54) is 0 Å². The minimum atomic E-state index is 0.762. The summed E-state index contributed by atoms with van der Waals surface area (Å²) in [5.41, 5.74) is 1.12. The number of nitrogens with zero attached hydrogens (tertiary/aromatic N) is 2. The lowest BCUT2D eigenvalue weighted by molar-refractivity contribution is 1.01. The van der Waals surface area contributed by atoms with Crippen LogP contribution in [0.5, 0.6) is 0 Å². The molecule has 2 rings (SSSR count). The van der Waals surface area contributed by atoms with Crippen LogP contribution in [0.4, 0.5) is 5.69 Å². The zero-order chi connectivity index (χ0) is 10.7. The van der Waals surface area contributed by atoms with Crippen LogP contribution >= 0.6 is 11.6 Å². The summed E-state index contributed by atoms with van der Waals surface area (Å²) in [4.78, 5) is 6.45. The molecule has 1 aliphatic rings. The fourth-order valence-electron chi connectivity index (χ4n) is 1.56. The maximum Gasteiger partial charge on any atom is 0.109 e. The highest BCUT2D eigenvalue weighted by atomic mass is 35.5. The summed E-state index contributed by atoms with van der Waals surface area (Å²) in [5, 5.41) is 0.762. The van der Waals surface area contributed by atoms with Crippen molar-refractivity contribution in [3.05, 3.63) is 41.6 Å². The van der Waals surface area contributed by atoms with Gasteiger partial charge in [-0.2, -0.15) is 0 Å². The maximum atomic E-state index is 5.84. The molecule has 0 amide bonds. The van der Waals surface area contributed by atoms with Crippen LogP contribution in [0, 0.1) is 0 Å². The van der Waals surface area contributed by atoms with Gasteiger partial charge in [0.2, 0.25) is 0 Å². The Morgan fingerprint density at radius 2 is 2.00 bits per heavy atom. The number of amidine groups is 1. The summed E-state index contributed by atoms with van der Waals surface area (Å²) in [6, 6.07) is 7.80. The van der Waals surface area contributed by atoms with Gasteiger partial charge in [0.15, 0.2) is 0 Å². The Kier molecular flexibility index (Phi) is 3.07. The molecule has 0 N–H and O–H groups in total. The van der Waals surface area contributed by atoms with Crippen LogP contribution in [-0.4, -0.2) is 12.9 Å². The van der Waals surface area contributed by atoms with E-state index < -0.39 is 0 Å². The molecule has 0 bridgehead atoms. The number of rotatable bonds is 1. The summed E-state index contributed by atoms with van der Waals surface area (Å²) in [6.07, 6.45) is 6.01. The molecule has 3 heteroatoms. The van der Waals surface area contributed by atoms with Crippen LogP contribution in [0.15, 0.2) is 41.5 Å². The molecule has 1 heterocycles. The van der Waals surface area contributed by atoms with Gasteiger partial charge in [-0.25, -0.2) is 4.99 Å². The van der Waals surface area contributed by atoms with E-state index in [-0.39, 0.29) is 0 Å². The van der Waals surface area contributed by atoms with Gasteiger partial charge in [-0.05, 0) is 30.7 Å². The van der Waals surface area contributed by atoms with Gasteiger partial charge in [-0.3, -0.25) is 0 Å². The van der Waals surface area contributed by atoms with Crippen LogP contribution in [0.1, 0.15) is 12.8 Å². The largest absolute Gasteiger partial charge is 0.333 e. The third-order valence-electron chi connectivity index (χ3n) is 2.46. The Hall–Kier alpha value is -1.28. The van der Waals surface area contributed by atoms with Gasteiger partial charge in [0, 0.05) is 30.4 Å². The first kappa shape index (κ1) is 10.2. The quantitative estimate of drug-likeness (QED) is 0.708. The molecular formula is C12H13ClN2. The van der Waals surface area contributed by atoms with Crippen molar-refractivity contribution < 1.29 is 0 Å². The fraction of sp³-hybridized carbons (Fsp3) is 0.250. The molecule has 0 saturated carbocycles. The molecule has 0 aliphatic carbocycles. The van der Waals surface area contributed by atoms with E-state index in [1.807, 2.05) is 37.5 Å². The van der Waals surface area contributed by atoms with Crippen LogP contribution in [0.3, 0.4) is 0 Å². The van der Waals surface area contributed by atoms with Crippen LogP contribution in [0.25, 0.3) is 0 Å². The van der Waals surface area contributed by atoms with Crippen molar-refractivity contribution in [2.75, 3.05) is 11.9 Å². The van der Waals surface area contributed by atoms with Crippen molar-refractivity contribution in [2.45, 2.75) is 12.8 Å². The highest BCUT2D eigenvalue weighted by Gasteiger charge is 2.09. The normalized spacial score (nSPS) is 14.9. The van der Waals surface area contributed by atoms with Gasteiger partial charge < -0.3 is 4.90 Å². The minimum absolute atomic E-state index is 0.762. The number of aliphatic imine (C=N–C) groups is 1. The van der Waals surface area contributed by atoms with Crippen molar-refractivity contribution in [3.63, 3.8) is 0 Å². The number of anilines is 1. The molecule has 0 atom stereocenters. The molecule has 15 heavy (non-hydrogen) atoms. The monoisotopic (exact) mass is 220 g/mol. The summed E-state index contributed by atoms with van der Waals surface area (Å²) < 4.78 is 0. The number of allylic oxidation sites excluding steroid dienone is 1. The highest BCUT2D eigenvalue weighted by molar-refractivity contribution is 6.30. The van der Waals surface area contributed by atoms with Gasteiger partial charge in [0.1, 0.15) is 5.84 Å². The first-order chi connectivity index (χ1) is 7.27. The second-order valence-electron chi connectivity index (χ2n) is 3.50. The van der Waals surface area contributed by atoms with Crippen molar-refractivity contribution in [1.29, 1.82) is 0 Å².